The fourth-order valence-corrected chi connectivity index (χ4v) is 2.19. The van der Waals surface area contributed by atoms with Gasteiger partial charge in [0.2, 0.25) is 5.91 Å². The highest BCUT2D eigenvalue weighted by atomic mass is 16.4. The molecule has 1 atom stereocenters. The van der Waals surface area contributed by atoms with Gasteiger partial charge in [-0.15, -0.1) is 0 Å². The van der Waals surface area contributed by atoms with Crippen LogP contribution < -0.4 is 10.6 Å². The lowest BCUT2D eigenvalue weighted by atomic mass is 9.93. The topological polar surface area (TPSA) is 78.4 Å². The van der Waals surface area contributed by atoms with Gasteiger partial charge in [0.1, 0.15) is 0 Å². The van der Waals surface area contributed by atoms with Crippen LogP contribution in [0.4, 0.5) is 0 Å². The van der Waals surface area contributed by atoms with Crippen LogP contribution in [0.2, 0.25) is 0 Å². The van der Waals surface area contributed by atoms with Crippen molar-refractivity contribution in [2.75, 3.05) is 7.05 Å². The lowest BCUT2D eigenvalue weighted by Gasteiger charge is -2.30. The van der Waals surface area contributed by atoms with Crippen LogP contribution in [0, 0.1) is 0 Å². The van der Waals surface area contributed by atoms with Crippen LogP contribution in [0.3, 0.4) is 0 Å². The number of rotatable bonds is 5. The molecule has 5 heteroatoms. The zero-order valence-electron chi connectivity index (χ0n) is 9.88. The number of carboxylic acids is 1. The van der Waals surface area contributed by atoms with E-state index in [4.69, 9.17) is 5.11 Å². The third-order valence-electron chi connectivity index (χ3n) is 3.26. The Morgan fingerprint density at radius 2 is 1.94 bits per heavy atom. The van der Waals surface area contributed by atoms with Crippen LogP contribution in [-0.2, 0) is 9.59 Å². The number of hydrogen-bond donors (Lipinski definition) is 3. The summed E-state index contributed by atoms with van der Waals surface area (Å²) in [7, 11) is 1.71. The monoisotopic (exact) mass is 228 g/mol. The summed E-state index contributed by atoms with van der Waals surface area (Å²) < 4.78 is 0. The molecule has 0 heterocycles. The molecule has 0 radical (unpaired) electrons. The van der Waals surface area contributed by atoms with Gasteiger partial charge in [0.15, 0.2) is 0 Å². The van der Waals surface area contributed by atoms with Crippen LogP contribution in [0.15, 0.2) is 0 Å². The molecule has 1 rings (SSSR count). The fraction of sp³-hybridized carbons (Fsp3) is 0.818. The molecular formula is C11H20N2O3. The van der Waals surface area contributed by atoms with E-state index in [1.165, 1.54) is 0 Å². The van der Waals surface area contributed by atoms with Gasteiger partial charge in [0.05, 0.1) is 18.0 Å². The molecule has 1 aliphatic carbocycles. The first-order valence-electron chi connectivity index (χ1n) is 5.70. The average molecular weight is 228 g/mol. The van der Waals surface area contributed by atoms with E-state index in [0.717, 1.165) is 25.7 Å². The molecule has 1 amide bonds. The normalized spacial score (nSPS) is 20.4. The summed E-state index contributed by atoms with van der Waals surface area (Å²) in [5, 5.41) is 14.6. The molecule has 1 saturated carbocycles. The minimum absolute atomic E-state index is 0.0230. The highest BCUT2D eigenvalue weighted by Crippen LogP contribution is 2.32. The molecule has 5 nitrogen and oxygen atoms in total. The predicted molar refractivity (Wildman–Crippen MR) is 60.1 cm³/mol. The van der Waals surface area contributed by atoms with Gasteiger partial charge in [-0.3, -0.25) is 9.59 Å². The molecular weight excluding hydrogens is 208 g/mol. The van der Waals surface area contributed by atoms with Crippen LogP contribution in [0.1, 0.15) is 39.0 Å². The standard InChI is InChI=1S/C11H20N2O3/c1-8(12-2)10(16)13-11(7-9(14)15)5-3-4-6-11/h8,12H,3-7H2,1-2H3,(H,13,16)(H,14,15). The number of nitrogens with one attached hydrogen (secondary N) is 2. The number of hydrogen-bond acceptors (Lipinski definition) is 3. The largest absolute Gasteiger partial charge is 0.481 e. The van der Waals surface area contributed by atoms with Gasteiger partial charge >= 0.3 is 5.97 Å². The molecule has 1 aliphatic rings. The van der Waals surface area contributed by atoms with E-state index in [2.05, 4.69) is 10.6 Å². The maximum Gasteiger partial charge on any atom is 0.305 e. The zero-order valence-corrected chi connectivity index (χ0v) is 9.88. The van der Waals surface area contributed by atoms with Gasteiger partial charge in [-0.25, -0.2) is 0 Å². The van der Waals surface area contributed by atoms with Crippen molar-refractivity contribution in [1.82, 2.24) is 10.6 Å². The van der Waals surface area contributed by atoms with Crippen LogP contribution in [0.25, 0.3) is 0 Å². The second-order valence-electron chi connectivity index (χ2n) is 4.56. The third-order valence-corrected chi connectivity index (χ3v) is 3.26. The Hall–Kier alpha value is -1.10. The van der Waals surface area contributed by atoms with Crippen molar-refractivity contribution < 1.29 is 14.7 Å². The number of amides is 1. The van der Waals surface area contributed by atoms with Crippen molar-refractivity contribution in [3.8, 4) is 0 Å². The first-order valence-corrected chi connectivity index (χ1v) is 5.70. The Kier molecular flexibility index (Phi) is 4.29. The summed E-state index contributed by atoms with van der Waals surface area (Å²) in [6.45, 7) is 1.76. The molecule has 0 aromatic carbocycles. The highest BCUT2D eigenvalue weighted by molar-refractivity contribution is 5.83. The van der Waals surface area contributed by atoms with E-state index >= 15 is 0 Å². The van der Waals surface area contributed by atoms with Gasteiger partial charge in [0.25, 0.3) is 0 Å². The Morgan fingerprint density at radius 3 is 2.38 bits per heavy atom. The number of carboxylic acid groups (broad SMARTS) is 1. The molecule has 92 valence electrons. The summed E-state index contributed by atoms with van der Waals surface area (Å²) >= 11 is 0. The van der Waals surface area contributed by atoms with Crippen molar-refractivity contribution in [3.63, 3.8) is 0 Å². The smallest absolute Gasteiger partial charge is 0.305 e. The lowest BCUT2D eigenvalue weighted by Crippen LogP contribution is -2.53. The molecule has 16 heavy (non-hydrogen) atoms. The van der Waals surface area contributed by atoms with Crippen LogP contribution in [-0.4, -0.2) is 35.6 Å². The number of carbonyl (C=O) groups is 2. The van der Waals surface area contributed by atoms with E-state index in [-0.39, 0.29) is 18.4 Å². The van der Waals surface area contributed by atoms with Gasteiger partial charge in [0, 0.05) is 0 Å². The summed E-state index contributed by atoms with van der Waals surface area (Å²) in [5.41, 5.74) is -0.520. The first kappa shape index (κ1) is 13.0. The first-order chi connectivity index (χ1) is 7.49. The van der Waals surface area contributed by atoms with Gasteiger partial charge in [-0.1, -0.05) is 12.8 Å². The Balaban J connectivity index is 2.64. The van der Waals surface area contributed by atoms with E-state index in [9.17, 15) is 9.59 Å². The van der Waals surface area contributed by atoms with Gasteiger partial charge in [-0.2, -0.15) is 0 Å². The summed E-state index contributed by atoms with van der Waals surface area (Å²) in [6.07, 6.45) is 3.53. The Morgan fingerprint density at radius 1 is 1.38 bits per heavy atom. The maximum absolute atomic E-state index is 11.8. The fourth-order valence-electron chi connectivity index (χ4n) is 2.19. The molecule has 0 aromatic rings. The zero-order chi connectivity index (χ0) is 12.2. The minimum atomic E-state index is -0.848. The molecule has 0 spiro atoms. The van der Waals surface area contributed by atoms with E-state index < -0.39 is 11.5 Å². The lowest BCUT2D eigenvalue weighted by molar-refractivity contribution is -0.139. The van der Waals surface area contributed by atoms with E-state index in [0.29, 0.717) is 0 Å². The Bertz CT molecular complexity index is 272. The summed E-state index contributed by atoms with van der Waals surface area (Å²) in [5.74, 6) is -0.968. The molecule has 0 saturated heterocycles. The number of carbonyl (C=O) groups excluding carboxylic acids is 1. The van der Waals surface area contributed by atoms with Gasteiger partial charge < -0.3 is 15.7 Å². The quantitative estimate of drug-likeness (QED) is 0.640. The van der Waals surface area contributed by atoms with Crippen molar-refractivity contribution in [3.05, 3.63) is 0 Å². The predicted octanol–water partition coefficient (Wildman–Crippen LogP) is 0.498. The van der Waals surface area contributed by atoms with Crippen LogP contribution in [0.5, 0.6) is 0 Å². The number of aliphatic carboxylic acids is 1. The molecule has 1 fully saturated rings. The van der Waals surface area contributed by atoms with Crippen molar-refractivity contribution in [2.24, 2.45) is 0 Å². The van der Waals surface area contributed by atoms with Crippen molar-refractivity contribution in [2.45, 2.75) is 50.6 Å². The maximum atomic E-state index is 11.8. The SMILES string of the molecule is CNC(C)C(=O)NC1(CC(=O)O)CCCC1. The van der Waals surface area contributed by atoms with Crippen molar-refractivity contribution >= 4 is 11.9 Å². The highest BCUT2D eigenvalue weighted by Gasteiger charge is 2.37. The van der Waals surface area contributed by atoms with Crippen molar-refractivity contribution in [1.29, 1.82) is 0 Å². The van der Waals surface area contributed by atoms with E-state index in [1.54, 1.807) is 14.0 Å². The Labute approximate surface area is 95.6 Å². The van der Waals surface area contributed by atoms with Gasteiger partial charge in [-0.05, 0) is 26.8 Å². The molecule has 3 N–H and O–H groups in total. The summed E-state index contributed by atoms with van der Waals surface area (Å²) in [6, 6.07) is -0.286. The van der Waals surface area contributed by atoms with Crippen LogP contribution >= 0.6 is 0 Å². The summed E-state index contributed by atoms with van der Waals surface area (Å²) in [4.78, 5) is 22.6. The molecule has 0 aliphatic heterocycles. The van der Waals surface area contributed by atoms with E-state index in [1.807, 2.05) is 0 Å². The second kappa shape index (κ2) is 5.30. The second-order valence-corrected chi connectivity index (χ2v) is 4.56. The molecule has 0 aromatic heterocycles. The average Bonchev–Trinajstić information content (AvgIpc) is 2.63. The minimum Gasteiger partial charge on any atom is -0.481 e. The molecule has 1 unspecified atom stereocenters. The third kappa shape index (κ3) is 3.20. The number of likely N-dealkylation sites (N-methyl/N-ethyl adjacent to an activating group) is 1. The molecule has 0 bridgehead atoms.